The number of rotatable bonds is 13. The lowest BCUT2D eigenvalue weighted by atomic mass is 9.82. The molecule has 268 valence electrons. The van der Waals surface area contributed by atoms with E-state index in [4.69, 9.17) is 0 Å². The van der Waals surface area contributed by atoms with E-state index < -0.39 is 59.0 Å². The smallest absolute Gasteiger partial charge is 0.289 e. The van der Waals surface area contributed by atoms with Crippen LogP contribution < -0.4 is 21.3 Å². The minimum absolute atomic E-state index is 0.0132. The van der Waals surface area contributed by atoms with Crippen molar-refractivity contribution in [1.82, 2.24) is 36.1 Å². The number of likely N-dealkylation sites (tertiary alicyclic amines) is 1. The second kappa shape index (κ2) is 15.8. The topological polar surface area (TPSA) is 180 Å². The Hall–Kier alpha value is -3.90. The Kier molecular flexibility index (Phi) is 11.7. The van der Waals surface area contributed by atoms with Crippen molar-refractivity contribution >= 4 is 35.3 Å². The molecule has 3 saturated carbocycles. The number of fused-ring (bicyclic) bond motifs is 1. The molecule has 0 unspecified atom stereocenters. The Morgan fingerprint density at radius 3 is 2.27 bits per heavy atom. The van der Waals surface area contributed by atoms with Gasteiger partial charge in [-0.2, -0.15) is 0 Å². The van der Waals surface area contributed by atoms with Crippen LogP contribution in [-0.4, -0.2) is 86.9 Å². The first-order chi connectivity index (χ1) is 23.4. The molecule has 1 aliphatic heterocycles. The van der Waals surface area contributed by atoms with Gasteiger partial charge in [0.25, 0.3) is 11.8 Å². The summed E-state index contributed by atoms with van der Waals surface area (Å²) in [4.78, 5) is 91.4. The average Bonchev–Trinajstić information content (AvgIpc) is 3.65. The fourth-order valence-electron chi connectivity index (χ4n) is 7.87. The number of hydrogen-bond donors (Lipinski definition) is 4. The molecule has 1 saturated heterocycles. The molecular weight excluding hydrogens is 626 g/mol. The molecule has 13 nitrogen and oxygen atoms in total. The number of hydrogen-bond acceptors (Lipinski definition) is 8. The van der Waals surface area contributed by atoms with E-state index in [1.54, 1.807) is 4.90 Å². The monoisotopic (exact) mass is 679 g/mol. The van der Waals surface area contributed by atoms with Crippen LogP contribution in [0.2, 0.25) is 0 Å². The lowest BCUT2D eigenvalue weighted by Crippen LogP contribution is -2.62. The van der Waals surface area contributed by atoms with Gasteiger partial charge in [-0.05, 0) is 68.1 Å². The van der Waals surface area contributed by atoms with Crippen molar-refractivity contribution in [2.75, 3.05) is 6.54 Å². The molecule has 1 aromatic heterocycles. The van der Waals surface area contributed by atoms with Gasteiger partial charge in [-0.15, -0.1) is 0 Å². The molecule has 49 heavy (non-hydrogen) atoms. The molecule has 1 aromatic rings. The van der Waals surface area contributed by atoms with Crippen LogP contribution in [0.25, 0.3) is 0 Å². The fraction of sp³-hybridized carbons (Fsp3) is 0.722. The van der Waals surface area contributed by atoms with Crippen molar-refractivity contribution in [3.05, 3.63) is 24.3 Å². The van der Waals surface area contributed by atoms with E-state index in [1.807, 2.05) is 27.7 Å². The fourth-order valence-corrected chi connectivity index (χ4v) is 7.87. The Morgan fingerprint density at radius 1 is 0.898 bits per heavy atom. The highest BCUT2D eigenvalue weighted by Gasteiger charge is 2.52. The Labute approximate surface area is 288 Å². The number of carbonyl (C=O) groups excluding carboxylic acids is 6. The van der Waals surface area contributed by atoms with Crippen LogP contribution in [-0.2, 0) is 24.0 Å². The predicted molar refractivity (Wildman–Crippen MR) is 181 cm³/mol. The van der Waals surface area contributed by atoms with E-state index in [9.17, 15) is 28.8 Å². The maximum absolute atomic E-state index is 14.6. The van der Waals surface area contributed by atoms with Crippen LogP contribution in [0.5, 0.6) is 0 Å². The zero-order valence-corrected chi connectivity index (χ0v) is 29.3. The molecule has 2 heterocycles. The molecule has 5 amide bonds. The number of Topliss-reactive ketones (excluding diaryl/α,β-unsaturated/α-hetero) is 1. The van der Waals surface area contributed by atoms with Crippen molar-refractivity contribution in [3.8, 4) is 0 Å². The van der Waals surface area contributed by atoms with E-state index in [2.05, 4.69) is 31.2 Å². The van der Waals surface area contributed by atoms with Gasteiger partial charge in [0.1, 0.15) is 23.8 Å². The third kappa shape index (κ3) is 8.83. The molecule has 0 aromatic carbocycles. The van der Waals surface area contributed by atoms with Gasteiger partial charge < -0.3 is 26.2 Å². The van der Waals surface area contributed by atoms with Crippen LogP contribution in [0.4, 0.5) is 0 Å². The average molecular weight is 680 g/mol. The molecule has 0 bridgehead atoms. The van der Waals surface area contributed by atoms with Crippen LogP contribution in [0.1, 0.15) is 115 Å². The summed E-state index contributed by atoms with van der Waals surface area (Å²) in [5, 5.41) is 11.5. The molecular formula is C36H53N7O6. The quantitative estimate of drug-likeness (QED) is 0.230. The molecule has 0 radical (unpaired) electrons. The molecule has 4 aliphatic rings. The molecule has 4 N–H and O–H groups in total. The van der Waals surface area contributed by atoms with Crippen molar-refractivity contribution < 1.29 is 28.8 Å². The summed E-state index contributed by atoms with van der Waals surface area (Å²) in [5.74, 6) is -3.20. The van der Waals surface area contributed by atoms with E-state index in [1.165, 1.54) is 18.6 Å². The van der Waals surface area contributed by atoms with Gasteiger partial charge in [0.05, 0.1) is 12.2 Å². The van der Waals surface area contributed by atoms with Crippen LogP contribution in [0.15, 0.2) is 18.6 Å². The van der Waals surface area contributed by atoms with Gasteiger partial charge in [-0.25, -0.2) is 4.98 Å². The minimum Gasteiger partial charge on any atom is -0.347 e. The van der Waals surface area contributed by atoms with Gasteiger partial charge in [0.2, 0.25) is 23.5 Å². The number of nitrogens with one attached hydrogen (secondary N) is 4. The highest BCUT2D eigenvalue weighted by molar-refractivity contribution is 6.38. The molecule has 5 rings (SSSR count). The Bertz CT molecular complexity index is 1390. The van der Waals surface area contributed by atoms with Gasteiger partial charge in [0, 0.05) is 25.0 Å². The van der Waals surface area contributed by atoms with Gasteiger partial charge >= 0.3 is 0 Å². The highest BCUT2D eigenvalue weighted by atomic mass is 16.2. The molecule has 6 atom stereocenters. The van der Waals surface area contributed by atoms with E-state index >= 15 is 0 Å². The number of nitrogens with zero attached hydrogens (tertiary/aromatic N) is 3. The van der Waals surface area contributed by atoms with E-state index in [-0.39, 0.29) is 35.4 Å². The summed E-state index contributed by atoms with van der Waals surface area (Å²) >= 11 is 0. The number of aromatic nitrogens is 2. The largest absolute Gasteiger partial charge is 0.347 e. The lowest BCUT2D eigenvalue weighted by molar-refractivity contribution is -0.146. The first-order valence-corrected chi connectivity index (χ1v) is 18.2. The van der Waals surface area contributed by atoms with Gasteiger partial charge in [0.15, 0.2) is 0 Å². The van der Waals surface area contributed by atoms with Crippen molar-refractivity contribution in [2.24, 2.45) is 23.2 Å². The van der Waals surface area contributed by atoms with Gasteiger partial charge in [-0.3, -0.25) is 33.8 Å². The zero-order chi connectivity index (χ0) is 35.3. The summed E-state index contributed by atoms with van der Waals surface area (Å²) in [6.45, 7) is 7.85. The maximum Gasteiger partial charge on any atom is 0.289 e. The van der Waals surface area contributed by atoms with Crippen LogP contribution in [0.3, 0.4) is 0 Å². The van der Waals surface area contributed by atoms with Crippen molar-refractivity contribution in [2.45, 2.75) is 135 Å². The van der Waals surface area contributed by atoms with Crippen molar-refractivity contribution in [1.29, 1.82) is 0 Å². The molecule has 13 heteroatoms. The van der Waals surface area contributed by atoms with Gasteiger partial charge in [-0.1, -0.05) is 59.8 Å². The van der Waals surface area contributed by atoms with E-state index in [0.29, 0.717) is 19.4 Å². The third-order valence-corrected chi connectivity index (χ3v) is 10.7. The second-order valence-electron chi connectivity index (χ2n) is 15.5. The summed E-state index contributed by atoms with van der Waals surface area (Å²) in [6.07, 6.45) is 13.9. The number of amides is 5. The highest BCUT2D eigenvalue weighted by Crippen LogP contribution is 2.43. The SMILES string of the molecule is CCC[C@@H](NC(=O)[C@@H]1[C@H]2CCC[C@H]2CN1C(=O)[C@H](NC(=O)[C@H](NC(=O)c1cnccn1)C1CCCCC1)C(C)(C)C)C(=O)C(=O)NC1CC1. The summed E-state index contributed by atoms with van der Waals surface area (Å²) in [5.41, 5.74) is -0.638. The normalized spacial score (nSPS) is 24.2. The zero-order valence-electron chi connectivity index (χ0n) is 29.3. The summed E-state index contributed by atoms with van der Waals surface area (Å²) in [7, 11) is 0. The van der Waals surface area contributed by atoms with E-state index in [0.717, 1.165) is 64.2 Å². The predicted octanol–water partition coefficient (Wildman–Crippen LogP) is 2.45. The second-order valence-corrected chi connectivity index (χ2v) is 15.5. The lowest BCUT2D eigenvalue weighted by Gasteiger charge is -2.38. The molecule has 4 fully saturated rings. The summed E-state index contributed by atoms with van der Waals surface area (Å²) in [6, 6.07) is -3.68. The summed E-state index contributed by atoms with van der Waals surface area (Å²) < 4.78 is 0. The Balaban J connectivity index is 1.36. The van der Waals surface area contributed by atoms with Crippen molar-refractivity contribution in [3.63, 3.8) is 0 Å². The maximum atomic E-state index is 14.6. The third-order valence-electron chi connectivity index (χ3n) is 10.7. The molecule has 0 spiro atoms. The standard InChI is InChI=1S/C36H53N7O6/c1-5-10-25(29(44)34(48)39-23-15-16-23)40-33(47)28-24-14-9-13-22(24)20-43(28)35(49)30(36(2,3)4)42-32(46)27(21-11-7-6-8-12-21)41-31(45)26-19-37-17-18-38-26/h17-19,21-25,27-28,30H,5-16,20H2,1-4H3,(H,39,48)(H,40,47)(H,41,45)(H,42,46)/t22-,24-,25+,27+,28-,30-/m0/s1. The number of ketones is 1. The Morgan fingerprint density at radius 2 is 1.63 bits per heavy atom. The van der Waals surface area contributed by atoms with Crippen LogP contribution >= 0.6 is 0 Å². The molecule has 3 aliphatic carbocycles. The first kappa shape index (κ1) is 36.4. The minimum atomic E-state index is -0.994. The number of carbonyl (C=O) groups is 6. The van der Waals surface area contributed by atoms with Crippen LogP contribution in [0, 0.1) is 23.2 Å². The first-order valence-electron chi connectivity index (χ1n) is 18.2.